The average Bonchev–Trinajstić information content (AvgIpc) is 2.31. The molecule has 92 valence electrons. The first kappa shape index (κ1) is 13.7. The van der Waals surface area contributed by atoms with Crippen molar-refractivity contribution in [2.24, 2.45) is 0 Å². The van der Waals surface area contributed by atoms with Crippen molar-refractivity contribution in [1.82, 2.24) is 0 Å². The molecular formula is C13H14ClFO2. The van der Waals surface area contributed by atoms with Gasteiger partial charge in [0.1, 0.15) is 0 Å². The highest BCUT2D eigenvalue weighted by atomic mass is 35.5. The molecule has 0 saturated carbocycles. The summed E-state index contributed by atoms with van der Waals surface area (Å²) >= 11 is 5.60. The Morgan fingerprint density at radius 1 is 1.53 bits per heavy atom. The molecule has 0 spiro atoms. The molecule has 1 rings (SSSR count). The second-order valence-corrected chi connectivity index (χ2v) is 4.23. The molecule has 0 aromatic heterocycles. The maximum Gasteiger partial charge on any atom is 0.188 e. The van der Waals surface area contributed by atoms with Crippen molar-refractivity contribution in [2.75, 3.05) is 0 Å². The van der Waals surface area contributed by atoms with E-state index >= 15 is 0 Å². The van der Waals surface area contributed by atoms with Gasteiger partial charge in [0.25, 0.3) is 0 Å². The van der Waals surface area contributed by atoms with Crippen LogP contribution in [0.4, 0.5) is 4.39 Å². The highest BCUT2D eigenvalue weighted by Crippen LogP contribution is 2.28. The number of Topliss-reactive ketones (excluding diaryl/α,β-unsaturated/α-hetero) is 1. The van der Waals surface area contributed by atoms with Gasteiger partial charge in [-0.2, -0.15) is 0 Å². The number of carbonyl (C=O) groups excluding carboxylic acids is 1. The van der Waals surface area contributed by atoms with E-state index in [4.69, 9.17) is 16.7 Å². The summed E-state index contributed by atoms with van der Waals surface area (Å²) in [6, 6.07) is 2.22. The average molecular weight is 257 g/mol. The quantitative estimate of drug-likeness (QED) is 0.636. The summed E-state index contributed by atoms with van der Waals surface area (Å²) in [6.07, 6.45) is 2.39. The van der Waals surface area contributed by atoms with Crippen molar-refractivity contribution >= 4 is 17.4 Å². The number of rotatable bonds is 5. The zero-order valence-electron chi connectivity index (χ0n) is 9.59. The van der Waals surface area contributed by atoms with Crippen molar-refractivity contribution in [3.8, 4) is 5.75 Å². The van der Waals surface area contributed by atoms with Crippen LogP contribution >= 0.6 is 11.6 Å². The van der Waals surface area contributed by atoms with Crippen LogP contribution in [-0.4, -0.2) is 10.9 Å². The summed E-state index contributed by atoms with van der Waals surface area (Å²) in [5, 5.41) is 8.98. The smallest absolute Gasteiger partial charge is 0.188 e. The molecule has 4 heteroatoms. The first-order chi connectivity index (χ1) is 7.97. The van der Waals surface area contributed by atoms with Crippen LogP contribution in [-0.2, 0) is 0 Å². The Morgan fingerprint density at radius 3 is 2.71 bits per heavy atom. The Kier molecular flexibility index (Phi) is 4.70. The zero-order valence-corrected chi connectivity index (χ0v) is 10.4. The lowest BCUT2D eigenvalue weighted by Crippen LogP contribution is -2.03. The number of phenols is 1. The van der Waals surface area contributed by atoms with Gasteiger partial charge in [-0.25, -0.2) is 4.39 Å². The maximum atomic E-state index is 13.2. The Labute approximate surface area is 105 Å². The van der Waals surface area contributed by atoms with Gasteiger partial charge in [0.15, 0.2) is 17.3 Å². The van der Waals surface area contributed by atoms with E-state index in [0.717, 1.165) is 18.9 Å². The molecular weight excluding hydrogens is 243 g/mol. The number of benzene rings is 1. The molecule has 0 heterocycles. The number of hydrogen-bond donors (Lipinski definition) is 1. The fourth-order valence-corrected chi connectivity index (χ4v) is 1.61. The third-order valence-corrected chi connectivity index (χ3v) is 2.72. The Balaban J connectivity index is 2.93. The molecule has 0 atom stereocenters. The van der Waals surface area contributed by atoms with E-state index in [1.807, 2.05) is 6.92 Å². The van der Waals surface area contributed by atoms with Gasteiger partial charge >= 0.3 is 0 Å². The second-order valence-electron chi connectivity index (χ2n) is 3.82. The van der Waals surface area contributed by atoms with Crippen molar-refractivity contribution in [3.05, 3.63) is 40.7 Å². The third-order valence-electron chi connectivity index (χ3n) is 2.43. The Morgan fingerprint density at radius 2 is 2.18 bits per heavy atom. The van der Waals surface area contributed by atoms with E-state index < -0.39 is 11.6 Å². The molecule has 0 amide bonds. The van der Waals surface area contributed by atoms with E-state index in [1.54, 1.807) is 0 Å². The lowest BCUT2D eigenvalue weighted by molar-refractivity contribution is 0.103. The van der Waals surface area contributed by atoms with Crippen molar-refractivity contribution in [3.63, 3.8) is 0 Å². The first-order valence-electron chi connectivity index (χ1n) is 5.37. The number of allylic oxidation sites excluding steroid dienone is 1. The first-order valence-corrected chi connectivity index (χ1v) is 5.75. The molecule has 0 unspecified atom stereocenters. The number of hydrogen-bond acceptors (Lipinski definition) is 2. The summed E-state index contributed by atoms with van der Waals surface area (Å²) in [5.41, 5.74) is 0.541. The number of aromatic hydroxyl groups is 1. The van der Waals surface area contributed by atoms with Gasteiger partial charge in [0, 0.05) is 5.56 Å². The minimum absolute atomic E-state index is 0.117. The van der Waals surface area contributed by atoms with Gasteiger partial charge in [0.2, 0.25) is 0 Å². The van der Waals surface area contributed by atoms with Gasteiger partial charge in [-0.05, 0) is 30.5 Å². The van der Waals surface area contributed by atoms with E-state index in [2.05, 4.69) is 6.58 Å². The molecule has 0 aliphatic rings. The SMILES string of the molecule is C=C(CCCC)C(=O)c1cc(F)c(O)c(Cl)c1. The third kappa shape index (κ3) is 3.30. The molecule has 1 N–H and O–H groups in total. The fourth-order valence-electron chi connectivity index (χ4n) is 1.40. The number of ketones is 1. The van der Waals surface area contributed by atoms with Crippen molar-refractivity contribution in [1.29, 1.82) is 0 Å². The lowest BCUT2D eigenvalue weighted by Gasteiger charge is -2.06. The lowest BCUT2D eigenvalue weighted by atomic mass is 10.00. The zero-order chi connectivity index (χ0) is 13.0. The maximum absolute atomic E-state index is 13.2. The molecule has 0 saturated heterocycles. The normalized spacial score (nSPS) is 10.3. The predicted molar refractivity (Wildman–Crippen MR) is 66.1 cm³/mol. The van der Waals surface area contributed by atoms with E-state index in [0.29, 0.717) is 12.0 Å². The summed E-state index contributed by atoms with van der Waals surface area (Å²) in [4.78, 5) is 11.9. The standard InChI is InChI=1S/C13H14ClFO2/c1-3-4-5-8(2)12(16)9-6-10(14)13(17)11(15)7-9/h6-7,17H,2-5H2,1H3. The molecule has 0 fully saturated rings. The minimum Gasteiger partial charge on any atom is -0.504 e. The molecule has 0 bridgehead atoms. The summed E-state index contributed by atoms with van der Waals surface area (Å²) < 4.78 is 13.2. The molecule has 0 aliphatic heterocycles. The molecule has 1 aromatic carbocycles. The minimum atomic E-state index is -0.899. The highest BCUT2D eigenvalue weighted by Gasteiger charge is 2.15. The number of halogens is 2. The topological polar surface area (TPSA) is 37.3 Å². The number of carbonyl (C=O) groups is 1. The van der Waals surface area contributed by atoms with Gasteiger partial charge in [-0.1, -0.05) is 31.5 Å². The molecule has 2 nitrogen and oxygen atoms in total. The molecule has 0 aliphatic carbocycles. The van der Waals surface area contributed by atoms with Crippen LogP contribution in [0.5, 0.6) is 5.75 Å². The van der Waals surface area contributed by atoms with Crippen LogP contribution in [0.1, 0.15) is 36.5 Å². The van der Waals surface area contributed by atoms with Gasteiger partial charge in [-0.3, -0.25) is 4.79 Å². The van der Waals surface area contributed by atoms with Crippen LogP contribution in [0.15, 0.2) is 24.3 Å². The summed E-state index contributed by atoms with van der Waals surface area (Å²) in [7, 11) is 0. The summed E-state index contributed by atoms with van der Waals surface area (Å²) in [6.45, 7) is 5.68. The van der Waals surface area contributed by atoms with E-state index in [-0.39, 0.29) is 16.4 Å². The molecule has 0 radical (unpaired) electrons. The van der Waals surface area contributed by atoms with E-state index in [1.165, 1.54) is 6.07 Å². The van der Waals surface area contributed by atoms with Crippen LogP contribution in [0.2, 0.25) is 5.02 Å². The van der Waals surface area contributed by atoms with Gasteiger partial charge in [-0.15, -0.1) is 0 Å². The largest absolute Gasteiger partial charge is 0.504 e. The van der Waals surface area contributed by atoms with Crippen LogP contribution in [0.3, 0.4) is 0 Å². The Hall–Kier alpha value is -1.35. The Bertz CT molecular complexity index is 432. The monoisotopic (exact) mass is 256 g/mol. The van der Waals surface area contributed by atoms with Crippen LogP contribution in [0.25, 0.3) is 0 Å². The van der Waals surface area contributed by atoms with Gasteiger partial charge in [0.05, 0.1) is 5.02 Å². The fraction of sp³-hybridized carbons (Fsp3) is 0.308. The van der Waals surface area contributed by atoms with Crippen molar-refractivity contribution < 1.29 is 14.3 Å². The van der Waals surface area contributed by atoms with Crippen LogP contribution in [0, 0.1) is 5.82 Å². The number of phenolic OH excluding ortho intramolecular Hbond substituents is 1. The summed E-state index contributed by atoms with van der Waals surface area (Å²) in [5.74, 6) is -1.87. The van der Waals surface area contributed by atoms with Gasteiger partial charge < -0.3 is 5.11 Å². The predicted octanol–water partition coefficient (Wildman–Crippen LogP) is 4.11. The van der Waals surface area contributed by atoms with E-state index in [9.17, 15) is 9.18 Å². The highest BCUT2D eigenvalue weighted by molar-refractivity contribution is 6.32. The molecule has 17 heavy (non-hydrogen) atoms. The van der Waals surface area contributed by atoms with Crippen LogP contribution < -0.4 is 0 Å². The van der Waals surface area contributed by atoms with Crippen molar-refractivity contribution in [2.45, 2.75) is 26.2 Å². The molecule has 1 aromatic rings. The number of unbranched alkanes of at least 4 members (excludes halogenated alkanes) is 1. The second kappa shape index (κ2) is 5.82.